The molecule has 0 radical (unpaired) electrons. The van der Waals surface area contributed by atoms with Gasteiger partial charge in [-0.3, -0.25) is 9.69 Å². The zero-order valence-electron chi connectivity index (χ0n) is 13.9. The van der Waals surface area contributed by atoms with Crippen LogP contribution in [0.15, 0.2) is 24.3 Å². The predicted molar refractivity (Wildman–Crippen MR) is 91.8 cm³/mol. The van der Waals surface area contributed by atoms with Gasteiger partial charge < -0.3 is 15.4 Å². The number of anilines is 1. The van der Waals surface area contributed by atoms with Crippen molar-refractivity contribution in [2.45, 2.75) is 31.7 Å². The molecule has 0 saturated carbocycles. The van der Waals surface area contributed by atoms with Gasteiger partial charge in [-0.15, -0.1) is 0 Å². The first-order chi connectivity index (χ1) is 11.2. The molecule has 1 atom stereocenters. The molecule has 2 N–H and O–H groups in total. The molecule has 2 aliphatic heterocycles. The number of hydrogen-bond acceptors (Lipinski definition) is 4. The van der Waals surface area contributed by atoms with Gasteiger partial charge in [0.1, 0.15) is 5.75 Å². The van der Waals surface area contributed by atoms with Crippen molar-refractivity contribution >= 4 is 11.6 Å². The molecule has 5 nitrogen and oxygen atoms in total. The maximum Gasteiger partial charge on any atom is 0.238 e. The third kappa shape index (κ3) is 4.45. The molecule has 0 spiro atoms. The largest absolute Gasteiger partial charge is 0.497 e. The van der Waals surface area contributed by atoms with Crippen LogP contribution in [0.4, 0.5) is 5.69 Å². The van der Waals surface area contributed by atoms with Crippen molar-refractivity contribution < 1.29 is 9.53 Å². The van der Waals surface area contributed by atoms with Gasteiger partial charge in [-0.05, 0) is 63.4 Å². The average Bonchev–Trinajstić information content (AvgIpc) is 3.10. The standard InChI is InChI=1S/C18H27N3O2/c1-23-16-5-2-4-15(12-16)20-18(22)13-21-10-7-14(8-11-21)17-6-3-9-19-17/h2,4-5,12,14,17,19H,3,6-11,13H2,1H3,(H,20,22). The van der Waals surface area contributed by atoms with Crippen molar-refractivity contribution in [1.82, 2.24) is 10.2 Å². The maximum atomic E-state index is 12.2. The Bertz CT molecular complexity index is 521. The second-order valence-electron chi connectivity index (χ2n) is 6.60. The van der Waals surface area contributed by atoms with Gasteiger partial charge in [0, 0.05) is 17.8 Å². The zero-order valence-corrected chi connectivity index (χ0v) is 13.9. The number of carbonyl (C=O) groups is 1. The van der Waals surface area contributed by atoms with E-state index in [0.717, 1.165) is 30.4 Å². The lowest BCUT2D eigenvalue weighted by Crippen LogP contribution is -2.43. The van der Waals surface area contributed by atoms with Crippen LogP contribution >= 0.6 is 0 Å². The van der Waals surface area contributed by atoms with Crippen LogP contribution in [0.1, 0.15) is 25.7 Å². The number of nitrogens with zero attached hydrogens (tertiary/aromatic N) is 1. The summed E-state index contributed by atoms with van der Waals surface area (Å²) in [5.41, 5.74) is 0.791. The van der Waals surface area contributed by atoms with Gasteiger partial charge in [-0.25, -0.2) is 0 Å². The van der Waals surface area contributed by atoms with E-state index in [1.54, 1.807) is 7.11 Å². The normalized spacial score (nSPS) is 22.9. The average molecular weight is 317 g/mol. The zero-order chi connectivity index (χ0) is 16.1. The molecular weight excluding hydrogens is 290 g/mol. The minimum absolute atomic E-state index is 0.0516. The van der Waals surface area contributed by atoms with Gasteiger partial charge in [-0.2, -0.15) is 0 Å². The fourth-order valence-electron chi connectivity index (χ4n) is 3.73. The number of amides is 1. The predicted octanol–water partition coefficient (Wildman–Crippen LogP) is 2.10. The molecule has 2 saturated heterocycles. The number of ether oxygens (including phenoxy) is 1. The Morgan fingerprint density at radius 2 is 2.17 bits per heavy atom. The highest BCUT2D eigenvalue weighted by atomic mass is 16.5. The molecule has 1 unspecified atom stereocenters. The highest BCUT2D eigenvalue weighted by Gasteiger charge is 2.28. The van der Waals surface area contributed by atoms with Gasteiger partial charge in [0.2, 0.25) is 5.91 Å². The first-order valence-electron chi connectivity index (χ1n) is 8.64. The lowest BCUT2D eigenvalue weighted by molar-refractivity contribution is -0.117. The molecule has 1 amide bonds. The summed E-state index contributed by atoms with van der Waals surface area (Å²) in [6.07, 6.45) is 5.03. The number of piperidine rings is 1. The van der Waals surface area contributed by atoms with E-state index < -0.39 is 0 Å². The molecule has 1 aromatic carbocycles. The first kappa shape index (κ1) is 16.3. The van der Waals surface area contributed by atoms with Gasteiger partial charge in [0.15, 0.2) is 0 Å². The van der Waals surface area contributed by atoms with Crippen LogP contribution in [0.5, 0.6) is 5.75 Å². The number of likely N-dealkylation sites (tertiary alicyclic amines) is 1. The fourth-order valence-corrected chi connectivity index (χ4v) is 3.73. The van der Waals surface area contributed by atoms with E-state index in [4.69, 9.17) is 4.74 Å². The third-order valence-corrected chi connectivity index (χ3v) is 5.02. The Hall–Kier alpha value is -1.59. The van der Waals surface area contributed by atoms with Gasteiger partial charge in [0.05, 0.1) is 13.7 Å². The maximum absolute atomic E-state index is 12.2. The highest BCUT2D eigenvalue weighted by Crippen LogP contribution is 2.25. The molecule has 0 aliphatic carbocycles. The smallest absolute Gasteiger partial charge is 0.238 e. The molecule has 5 heteroatoms. The van der Waals surface area contributed by atoms with E-state index in [0.29, 0.717) is 12.6 Å². The number of nitrogens with one attached hydrogen (secondary N) is 2. The van der Waals surface area contributed by atoms with Gasteiger partial charge in [-0.1, -0.05) is 6.07 Å². The molecular formula is C18H27N3O2. The van der Waals surface area contributed by atoms with Crippen molar-refractivity contribution in [1.29, 1.82) is 0 Å². The molecule has 0 bridgehead atoms. The highest BCUT2D eigenvalue weighted by molar-refractivity contribution is 5.92. The van der Waals surface area contributed by atoms with Crippen molar-refractivity contribution in [2.24, 2.45) is 5.92 Å². The monoisotopic (exact) mass is 317 g/mol. The summed E-state index contributed by atoms with van der Waals surface area (Å²) < 4.78 is 5.18. The van der Waals surface area contributed by atoms with E-state index in [9.17, 15) is 4.79 Å². The van der Waals surface area contributed by atoms with Crippen LogP contribution < -0.4 is 15.4 Å². The van der Waals surface area contributed by atoms with E-state index >= 15 is 0 Å². The van der Waals surface area contributed by atoms with E-state index in [1.807, 2.05) is 24.3 Å². The molecule has 3 rings (SSSR count). The Kier molecular flexibility index (Phi) is 5.51. The molecule has 2 aliphatic rings. The summed E-state index contributed by atoms with van der Waals surface area (Å²) in [5.74, 6) is 1.60. The number of methoxy groups -OCH3 is 1. The summed E-state index contributed by atoms with van der Waals surface area (Å²) in [6.45, 7) is 3.69. The Morgan fingerprint density at radius 1 is 1.35 bits per heavy atom. The SMILES string of the molecule is COc1cccc(NC(=O)CN2CCC(C3CCCN3)CC2)c1. The van der Waals surface area contributed by atoms with Crippen LogP contribution in [0, 0.1) is 5.92 Å². The van der Waals surface area contributed by atoms with E-state index in [-0.39, 0.29) is 5.91 Å². The lowest BCUT2D eigenvalue weighted by atomic mass is 9.88. The topological polar surface area (TPSA) is 53.6 Å². The van der Waals surface area contributed by atoms with Gasteiger partial charge in [0.25, 0.3) is 0 Å². The second-order valence-corrected chi connectivity index (χ2v) is 6.60. The van der Waals surface area contributed by atoms with Crippen LogP contribution in [0.2, 0.25) is 0 Å². The first-order valence-corrected chi connectivity index (χ1v) is 8.64. The van der Waals surface area contributed by atoms with Crippen LogP contribution in [-0.4, -0.2) is 50.1 Å². The van der Waals surface area contributed by atoms with E-state index in [1.165, 1.54) is 32.2 Å². The fraction of sp³-hybridized carbons (Fsp3) is 0.611. The Labute approximate surface area is 138 Å². The summed E-state index contributed by atoms with van der Waals surface area (Å²) in [5, 5.41) is 6.57. The summed E-state index contributed by atoms with van der Waals surface area (Å²) in [4.78, 5) is 14.5. The number of hydrogen-bond donors (Lipinski definition) is 2. The quantitative estimate of drug-likeness (QED) is 0.873. The number of carbonyl (C=O) groups excluding carboxylic acids is 1. The lowest BCUT2D eigenvalue weighted by Gasteiger charge is -2.34. The Morgan fingerprint density at radius 3 is 2.87 bits per heavy atom. The second kappa shape index (κ2) is 7.79. The van der Waals surface area contributed by atoms with Crippen molar-refractivity contribution in [3.63, 3.8) is 0 Å². The molecule has 23 heavy (non-hydrogen) atoms. The Balaban J connectivity index is 1.43. The number of rotatable bonds is 5. The number of benzene rings is 1. The van der Waals surface area contributed by atoms with Crippen LogP contribution in [-0.2, 0) is 4.79 Å². The molecule has 2 heterocycles. The summed E-state index contributed by atoms with van der Waals surface area (Å²) >= 11 is 0. The molecule has 126 valence electrons. The third-order valence-electron chi connectivity index (χ3n) is 5.02. The van der Waals surface area contributed by atoms with Crippen LogP contribution in [0.25, 0.3) is 0 Å². The summed E-state index contributed by atoms with van der Waals surface area (Å²) in [6, 6.07) is 8.20. The minimum Gasteiger partial charge on any atom is -0.497 e. The molecule has 1 aromatic rings. The van der Waals surface area contributed by atoms with Crippen molar-refractivity contribution in [3.05, 3.63) is 24.3 Å². The van der Waals surface area contributed by atoms with Crippen molar-refractivity contribution in [3.8, 4) is 5.75 Å². The van der Waals surface area contributed by atoms with E-state index in [2.05, 4.69) is 15.5 Å². The van der Waals surface area contributed by atoms with Gasteiger partial charge >= 0.3 is 0 Å². The molecule has 2 fully saturated rings. The summed E-state index contributed by atoms with van der Waals surface area (Å²) in [7, 11) is 1.63. The van der Waals surface area contributed by atoms with Crippen molar-refractivity contribution in [2.75, 3.05) is 38.6 Å². The van der Waals surface area contributed by atoms with Crippen LogP contribution in [0.3, 0.4) is 0 Å². The molecule has 0 aromatic heterocycles. The minimum atomic E-state index is 0.0516.